The summed E-state index contributed by atoms with van der Waals surface area (Å²) in [4.78, 5) is 3.54. The minimum Gasteiger partial charge on any atom is -0.423 e. The first-order chi connectivity index (χ1) is 10.2. The smallest absolute Gasteiger partial charge is 0.423 e. The lowest BCUT2D eigenvalue weighted by Crippen LogP contribution is -2.52. The normalized spacial score (nSPS) is 17.7. The van der Waals surface area contributed by atoms with Crippen molar-refractivity contribution in [3.8, 4) is 0 Å². The Kier molecular flexibility index (Phi) is 5.69. The van der Waals surface area contributed by atoms with Crippen LogP contribution in [0.2, 0.25) is 0 Å². The van der Waals surface area contributed by atoms with E-state index in [-0.39, 0.29) is 0 Å². The highest BCUT2D eigenvalue weighted by Crippen LogP contribution is 2.25. The van der Waals surface area contributed by atoms with Gasteiger partial charge in [0.2, 0.25) is 0 Å². The maximum absolute atomic E-state index is 10.3. The van der Waals surface area contributed by atoms with E-state index in [1.165, 1.54) is 4.88 Å². The molecule has 0 spiro atoms. The van der Waals surface area contributed by atoms with Crippen LogP contribution in [0.15, 0.2) is 12.1 Å². The van der Waals surface area contributed by atoms with Crippen LogP contribution in [0.4, 0.5) is 0 Å². The predicted octanol–water partition coefficient (Wildman–Crippen LogP) is 0.834. The van der Waals surface area contributed by atoms with Gasteiger partial charge in [0.05, 0.1) is 24.4 Å². The highest BCUT2D eigenvalue weighted by Gasteiger charge is 2.39. The average Bonchev–Trinajstić information content (AvgIpc) is 2.86. The van der Waals surface area contributed by atoms with Crippen molar-refractivity contribution in [1.82, 2.24) is 4.90 Å². The van der Waals surface area contributed by atoms with E-state index in [4.69, 9.17) is 9.39 Å². The number of hydrogen-bond donors (Lipinski definition) is 2. The molecule has 0 radical (unpaired) electrons. The van der Waals surface area contributed by atoms with Gasteiger partial charge < -0.3 is 19.5 Å². The monoisotopic (exact) mass is 327 g/mol. The van der Waals surface area contributed by atoms with Crippen LogP contribution >= 0.6 is 11.3 Å². The molecule has 1 aromatic heterocycles. The van der Waals surface area contributed by atoms with Crippen molar-refractivity contribution in [1.29, 1.82) is 0 Å². The van der Waals surface area contributed by atoms with E-state index in [0.717, 1.165) is 37.6 Å². The Morgan fingerprint density at radius 2 is 1.91 bits per heavy atom. The van der Waals surface area contributed by atoms with Gasteiger partial charge in [-0.2, -0.15) is 0 Å². The standard InChI is InChI=1S/C15H26BNO4S/c1-14(2,18)15(3,4)21-16(19)13-6-5-12(22-13)11-17-7-9-20-10-8-17/h5-6,18-19H,7-11H2,1-4H3. The average molecular weight is 327 g/mol. The fourth-order valence-electron chi connectivity index (χ4n) is 2.07. The van der Waals surface area contributed by atoms with Crippen LogP contribution in [-0.2, 0) is 15.9 Å². The maximum atomic E-state index is 10.3. The molecule has 1 aliphatic rings. The molecule has 2 heterocycles. The quantitative estimate of drug-likeness (QED) is 0.758. The second-order valence-corrected chi connectivity index (χ2v) is 7.93. The molecule has 7 heteroatoms. The van der Waals surface area contributed by atoms with Crippen molar-refractivity contribution in [2.24, 2.45) is 0 Å². The summed E-state index contributed by atoms with van der Waals surface area (Å²) in [5, 5.41) is 20.4. The maximum Gasteiger partial charge on any atom is 0.502 e. The van der Waals surface area contributed by atoms with Crippen molar-refractivity contribution in [3.63, 3.8) is 0 Å². The van der Waals surface area contributed by atoms with Crippen molar-refractivity contribution in [2.45, 2.75) is 45.4 Å². The van der Waals surface area contributed by atoms with Gasteiger partial charge in [0, 0.05) is 29.3 Å². The molecule has 0 atom stereocenters. The van der Waals surface area contributed by atoms with E-state index in [0.29, 0.717) is 0 Å². The molecule has 0 saturated carbocycles. The van der Waals surface area contributed by atoms with Crippen LogP contribution < -0.4 is 4.78 Å². The van der Waals surface area contributed by atoms with E-state index < -0.39 is 18.3 Å². The molecule has 2 rings (SSSR count). The zero-order chi connectivity index (χ0) is 16.4. The molecule has 1 aliphatic heterocycles. The Labute approximate surface area is 137 Å². The van der Waals surface area contributed by atoms with E-state index in [2.05, 4.69) is 4.90 Å². The molecule has 22 heavy (non-hydrogen) atoms. The first-order valence-corrected chi connectivity index (χ1v) is 8.48. The van der Waals surface area contributed by atoms with Crippen molar-refractivity contribution < 1.29 is 19.5 Å². The van der Waals surface area contributed by atoms with Crippen LogP contribution in [0.5, 0.6) is 0 Å². The van der Waals surface area contributed by atoms with Gasteiger partial charge in [-0.3, -0.25) is 4.90 Å². The second-order valence-electron chi connectivity index (χ2n) is 6.73. The molecule has 5 nitrogen and oxygen atoms in total. The minimum atomic E-state index is -1.04. The third-order valence-electron chi connectivity index (χ3n) is 4.29. The van der Waals surface area contributed by atoms with Crippen molar-refractivity contribution >= 4 is 23.2 Å². The zero-order valence-corrected chi connectivity index (χ0v) is 14.7. The molecule has 0 unspecified atom stereocenters. The Hall–Kier alpha value is -0.435. The number of aliphatic hydroxyl groups is 1. The third-order valence-corrected chi connectivity index (χ3v) is 5.39. The highest BCUT2D eigenvalue weighted by molar-refractivity contribution is 7.22. The van der Waals surface area contributed by atoms with Crippen molar-refractivity contribution in [3.05, 3.63) is 17.0 Å². The first kappa shape index (κ1) is 17.9. The number of nitrogens with zero attached hydrogens (tertiary/aromatic N) is 1. The molecular weight excluding hydrogens is 301 g/mol. The first-order valence-electron chi connectivity index (χ1n) is 7.66. The summed E-state index contributed by atoms with van der Waals surface area (Å²) < 4.78 is 11.8. The number of rotatable bonds is 6. The molecule has 0 aliphatic carbocycles. The zero-order valence-electron chi connectivity index (χ0n) is 13.8. The number of morpholine rings is 1. The second kappa shape index (κ2) is 6.99. The SMILES string of the molecule is CC(C)(O)C(C)(C)OB(O)c1ccc(CN2CCOCC2)s1. The van der Waals surface area contributed by atoms with Crippen LogP contribution in [0, 0.1) is 0 Å². The van der Waals surface area contributed by atoms with Gasteiger partial charge in [0.1, 0.15) is 0 Å². The molecule has 1 aromatic rings. The highest BCUT2D eigenvalue weighted by atomic mass is 32.1. The fourth-order valence-corrected chi connectivity index (χ4v) is 3.04. The van der Waals surface area contributed by atoms with Gasteiger partial charge in [-0.05, 0) is 33.8 Å². The molecule has 1 fully saturated rings. The predicted molar refractivity (Wildman–Crippen MR) is 89.5 cm³/mol. The summed E-state index contributed by atoms with van der Waals surface area (Å²) >= 11 is 1.55. The van der Waals surface area contributed by atoms with Gasteiger partial charge in [0.25, 0.3) is 0 Å². The van der Waals surface area contributed by atoms with Crippen LogP contribution in [-0.4, -0.2) is 59.7 Å². The number of thiophene rings is 1. The Morgan fingerprint density at radius 1 is 1.27 bits per heavy atom. The summed E-state index contributed by atoms with van der Waals surface area (Å²) in [5.74, 6) is 0. The third kappa shape index (κ3) is 4.53. The molecule has 0 aromatic carbocycles. The van der Waals surface area contributed by atoms with Gasteiger partial charge in [0.15, 0.2) is 0 Å². The Bertz CT molecular complexity index is 480. The molecule has 1 saturated heterocycles. The lowest BCUT2D eigenvalue weighted by atomic mass is 9.82. The Balaban J connectivity index is 1.95. The molecular formula is C15H26BNO4S. The molecule has 0 amide bonds. The Morgan fingerprint density at radius 3 is 2.50 bits per heavy atom. The van der Waals surface area contributed by atoms with Gasteiger partial charge >= 0.3 is 7.12 Å². The molecule has 124 valence electrons. The molecule has 2 N–H and O–H groups in total. The van der Waals surface area contributed by atoms with Gasteiger partial charge in [-0.15, -0.1) is 11.3 Å². The lowest BCUT2D eigenvalue weighted by molar-refractivity contribution is -0.0981. The summed E-state index contributed by atoms with van der Waals surface area (Å²) in [6.45, 7) is 11.2. The summed E-state index contributed by atoms with van der Waals surface area (Å²) in [7, 11) is -1.02. The van der Waals surface area contributed by atoms with Gasteiger partial charge in [-0.1, -0.05) is 6.07 Å². The summed E-state index contributed by atoms with van der Waals surface area (Å²) in [6.07, 6.45) is 0. The van der Waals surface area contributed by atoms with E-state index in [1.807, 2.05) is 12.1 Å². The summed E-state index contributed by atoms with van der Waals surface area (Å²) in [6, 6.07) is 3.92. The number of hydrogen-bond acceptors (Lipinski definition) is 6. The van der Waals surface area contributed by atoms with Crippen LogP contribution in [0.25, 0.3) is 0 Å². The van der Waals surface area contributed by atoms with E-state index in [1.54, 1.807) is 39.0 Å². The number of ether oxygens (including phenoxy) is 1. The van der Waals surface area contributed by atoms with Crippen molar-refractivity contribution in [2.75, 3.05) is 26.3 Å². The largest absolute Gasteiger partial charge is 0.502 e. The summed E-state index contributed by atoms with van der Waals surface area (Å²) in [5.41, 5.74) is -1.89. The van der Waals surface area contributed by atoms with Gasteiger partial charge in [-0.25, -0.2) is 0 Å². The van der Waals surface area contributed by atoms with Crippen LogP contribution in [0.1, 0.15) is 32.6 Å². The fraction of sp³-hybridized carbons (Fsp3) is 0.733. The van der Waals surface area contributed by atoms with Crippen LogP contribution in [0.3, 0.4) is 0 Å². The minimum absolute atomic E-state index is 0.764. The van der Waals surface area contributed by atoms with E-state index in [9.17, 15) is 10.1 Å². The van der Waals surface area contributed by atoms with E-state index >= 15 is 0 Å². The topological polar surface area (TPSA) is 62.2 Å². The lowest BCUT2D eigenvalue weighted by Gasteiger charge is -2.38. The molecule has 0 bridgehead atoms.